The molecule has 0 unspecified atom stereocenters. The second-order valence-electron chi connectivity index (χ2n) is 7.54. The number of amides is 2. The smallest absolute Gasteiger partial charge is 0.270 e. The van der Waals surface area contributed by atoms with E-state index in [-0.39, 0.29) is 18.4 Å². The van der Waals surface area contributed by atoms with E-state index >= 15 is 0 Å². The van der Waals surface area contributed by atoms with Crippen molar-refractivity contribution in [2.45, 2.75) is 18.5 Å². The molecular formula is C22H25N5O2. The minimum atomic E-state index is -0.654. The fourth-order valence-corrected chi connectivity index (χ4v) is 3.97. The summed E-state index contributed by atoms with van der Waals surface area (Å²) in [6, 6.07) is 18.7. The fourth-order valence-electron chi connectivity index (χ4n) is 3.97. The van der Waals surface area contributed by atoms with E-state index in [0.717, 1.165) is 24.3 Å². The van der Waals surface area contributed by atoms with Crippen LogP contribution in [0.4, 0.5) is 5.69 Å². The number of primary amides is 1. The van der Waals surface area contributed by atoms with Crippen LogP contribution in [-0.4, -0.2) is 60.0 Å². The largest absolute Gasteiger partial charge is 0.368 e. The third-order valence-corrected chi connectivity index (χ3v) is 5.54. The summed E-state index contributed by atoms with van der Waals surface area (Å²) in [7, 11) is 2.06. The van der Waals surface area contributed by atoms with Crippen molar-refractivity contribution in [2.24, 2.45) is 10.8 Å². The Morgan fingerprint density at radius 2 is 1.66 bits per heavy atom. The Morgan fingerprint density at radius 1 is 1.00 bits per heavy atom. The second kappa shape index (κ2) is 8.05. The molecule has 2 aromatic carbocycles. The molecule has 2 N–H and O–H groups in total. The highest BCUT2D eigenvalue weighted by molar-refractivity contribution is 6.40. The molecule has 2 aliphatic rings. The summed E-state index contributed by atoms with van der Waals surface area (Å²) in [4.78, 5) is 29.6. The highest BCUT2D eigenvalue weighted by atomic mass is 16.2. The average molecular weight is 391 g/mol. The monoisotopic (exact) mass is 391 g/mol. The van der Waals surface area contributed by atoms with Crippen LogP contribution in [0.15, 0.2) is 65.8 Å². The Balaban J connectivity index is 1.63. The number of anilines is 1. The highest BCUT2D eigenvalue weighted by Gasteiger charge is 2.39. The molecule has 150 valence electrons. The maximum absolute atomic E-state index is 13.4. The number of nitrogens with two attached hydrogens (primary N) is 1. The van der Waals surface area contributed by atoms with Gasteiger partial charge in [-0.25, -0.2) is 0 Å². The number of carbonyl (C=O) groups excluding carboxylic acids is 2. The third-order valence-electron chi connectivity index (χ3n) is 5.54. The molecule has 1 saturated heterocycles. The Hall–Kier alpha value is -3.19. The van der Waals surface area contributed by atoms with Gasteiger partial charge >= 0.3 is 0 Å². The van der Waals surface area contributed by atoms with E-state index in [4.69, 9.17) is 5.73 Å². The summed E-state index contributed by atoms with van der Waals surface area (Å²) >= 11 is 0. The average Bonchev–Trinajstić information content (AvgIpc) is 3.20. The number of hydrogen-bond donors (Lipinski definition) is 1. The first-order valence-electron chi connectivity index (χ1n) is 9.80. The molecule has 29 heavy (non-hydrogen) atoms. The molecular weight excluding hydrogens is 366 g/mol. The maximum Gasteiger partial charge on any atom is 0.270 e. The van der Waals surface area contributed by atoms with E-state index in [1.165, 1.54) is 0 Å². The minimum absolute atomic E-state index is 0.0528. The Labute approximate surface area is 170 Å². The third kappa shape index (κ3) is 3.86. The first-order valence-corrected chi connectivity index (χ1v) is 9.80. The number of hydrazone groups is 1. The van der Waals surface area contributed by atoms with Crippen LogP contribution in [-0.2, 0) is 9.59 Å². The van der Waals surface area contributed by atoms with Crippen LogP contribution in [0.3, 0.4) is 0 Å². The molecule has 1 fully saturated rings. The summed E-state index contributed by atoms with van der Waals surface area (Å²) in [6.45, 7) is 2.16. The van der Waals surface area contributed by atoms with Gasteiger partial charge in [0.25, 0.3) is 5.91 Å². The number of nitrogens with zero attached hydrogens (tertiary/aromatic N) is 4. The number of rotatable bonds is 4. The van der Waals surface area contributed by atoms with E-state index in [2.05, 4.69) is 17.0 Å². The van der Waals surface area contributed by atoms with Gasteiger partial charge in [0.2, 0.25) is 5.91 Å². The molecule has 2 heterocycles. The van der Waals surface area contributed by atoms with Crippen LogP contribution in [0.2, 0.25) is 0 Å². The van der Waals surface area contributed by atoms with E-state index in [0.29, 0.717) is 12.3 Å². The van der Waals surface area contributed by atoms with Crippen LogP contribution >= 0.6 is 0 Å². The van der Waals surface area contributed by atoms with E-state index < -0.39 is 11.9 Å². The van der Waals surface area contributed by atoms with Gasteiger partial charge in [-0.05, 0) is 24.7 Å². The number of carbonyl (C=O) groups is 2. The molecule has 0 aromatic heterocycles. The lowest BCUT2D eigenvalue weighted by Gasteiger charge is -2.40. The molecule has 4 rings (SSSR count). The van der Waals surface area contributed by atoms with Gasteiger partial charge in [-0.3, -0.25) is 14.6 Å². The molecule has 7 nitrogen and oxygen atoms in total. The van der Waals surface area contributed by atoms with E-state index in [1.807, 2.05) is 65.6 Å². The number of piperazine rings is 1. The van der Waals surface area contributed by atoms with Gasteiger partial charge in [0, 0.05) is 26.1 Å². The molecule has 0 bridgehead atoms. The minimum Gasteiger partial charge on any atom is -0.368 e. The number of likely N-dealkylation sites (N-methyl/N-ethyl adjacent to an activating group) is 1. The SMILES string of the molecule is CN1CCN(C(=O)C2=NN(c3ccccc3)[C@@H](C(N)=O)C2)[C@@H](c2ccccc2)C1. The van der Waals surface area contributed by atoms with E-state index in [9.17, 15) is 9.59 Å². The van der Waals surface area contributed by atoms with Crippen LogP contribution in [0.25, 0.3) is 0 Å². The van der Waals surface area contributed by atoms with Crippen molar-refractivity contribution in [1.29, 1.82) is 0 Å². The summed E-state index contributed by atoms with van der Waals surface area (Å²) in [5, 5.41) is 6.10. The van der Waals surface area contributed by atoms with Crippen molar-refractivity contribution < 1.29 is 9.59 Å². The van der Waals surface area contributed by atoms with E-state index in [1.54, 1.807) is 5.01 Å². The van der Waals surface area contributed by atoms with Crippen LogP contribution in [0.5, 0.6) is 0 Å². The molecule has 0 spiro atoms. The van der Waals surface area contributed by atoms with Crippen LogP contribution < -0.4 is 10.7 Å². The summed E-state index contributed by atoms with van der Waals surface area (Å²) in [5.41, 5.74) is 7.84. The van der Waals surface area contributed by atoms with Crippen molar-refractivity contribution in [3.05, 3.63) is 66.2 Å². The lowest BCUT2D eigenvalue weighted by Crippen LogP contribution is -2.51. The van der Waals surface area contributed by atoms with Crippen molar-refractivity contribution in [3.8, 4) is 0 Å². The van der Waals surface area contributed by atoms with Crippen LogP contribution in [0.1, 0.15) is 18.0 Å². The second-order valence-corrected chi connectivity index (χ2v) is 7.54. The van der Waals surface area contributed by atoms with Gasteiger partial charge < -0.3 is 15.5 Å². The van der Waals surface area contributed by atoms with Crippen molar-refractivity contribution in [1.82, 2.24) is 9.80 Å². The zero-order valence-electron chi connectivity index (χ0n) is 16.4. The number of benzene rings is 2. The number of hydrogen-bond acceptors (Lipinski definition) is 5. The molecule has 7 heteroatoms. The fraction of sp³-hybridized carbons (Fsp3) is 0.318. The molecule has 0 aliphatic carbocycles. The molecule has 2 atom stereocenters. The summed E-state index contributed by atoms with van der Waals surface area (Å²) < 4.78 is 0. The Kier molecular flexibility index (Phi) is 5.31. The van der Waals surface area contributed by atoms with Crippen LogP contribution in [0, 0.1) is 0 Å². The van der Waals surface area contributed by atoms with Crippen molar-refractivity contribution in [2.75, 3.05) is 31.7 Å². The Bertz CT molecular complexity index is 915. The lowest BCUT2D eigenvalue weighted by atomic mass is 10.0. The predicted molar refractivity (Wildman–Crippen MR) is 112 cm³/mol. The standard InChI is InChI=1S/C22H25N5O2/c1-25-12-13-26(20(15-25)16-8-4-2-5-9-16)22(29)18-14-19(21(23)28)27(24-18)17-10-6-3-7-11-17/h2-11,19-20H,12-15H2,1H3,(H2,23,28)/t19-,20-/m1/s1. The normalized spacial score (nSPS) is 22.4. The molecule has 2 aromatic rings. The number of para-hydroxylation sites is 1. The highest BCUT2D eigenvalue weighted by Crippen LogP contribution is 2.29. The maximum atomic E-state index is 13.4. The van der Waals surface area contributed by atoms with Crippen molar-refractivity contribution in [3.63, 3.8) is 0 Å². The Morgan fingerprint density at radius 3 is 2.31 bits per heavy atom. The lowest BCUT2D eigenvalue weighted by molar-refractivity contribution is -0.128. The van der Waals surface area contributed by atoms with Gasteiger partial charge in [-0.2, -0.15) is 5.10 Å². The molecule has 2 amide bonds. The summed E-state index contributed by atoms with van der Waals surface area (Å²) in [6.07, 6.45) is 0.219. The first-order chi connectivity index (χ1) is 14.0. The van der Waals surface area contributed by atoms with Gasteiger partial charge in [-0.15, -0.1) is 0 Å². The predicted octanol–water partition coefficient (Wildman–Crippen LogP) is 1.62. The topological polar surface area (TPSA) is 82.2 Å². The van der Waals surface area contributed by atoms with Gasteiger partial charge in [-0.1, -0.05) is 48.5 Å². The quantitative estimate of drug-likeness (QED) is 0.859. The summed E-state index contributed by atoms with van der Waals surface area (Å²) in [5.74, 6) is -0.616. The molecule has 0 radical (unpaired) electrons. The van der Waals surface area contributed by atoms with Gasteiger partial charge in [0.1, 0.15) is 11.8 Å². The van der Waals surface area contributed by atoms with Gasteiger partial charge in [0.15, 0.2) is 0 Å². The van der Waals surface area contributed by atoms with Gasteiger partial charge in [0.05, 0.1) is 11.7 Å². The molecule has 2 aliphatic heterocycles. The molecule has 0 saturated carbocycles. The first kappa shape index (κ1) is 19.1. The van der Waals surface area contributed by atoms with Crippen molar-refractivity contribution >= 4 is 23.2 Å². The zero-order chi connectivity index (χ0) is 20.4. The zero-order valence-corrected chi connectivity index (χ0v) is 16.4.